The molecule has 0 aromatic heterocycles. The Kier molecular flexibility index (Phi) is 4.99. The SMILES string of the molecule is CCOC(=O)[C@]1(CN)[C@H](c2ccc(Br)cc2)[C@H]1S(=O)(=O)CC. The third-order valence-electron chi connectivity index (χ3n) is 4.27. The van der Waals surface area contributed by atoms with Crippen molar-refractivity contribution in [3.05, 3.63) is 34.3 Å². The van der Waals surface area contributed by atoms with Crippen LogP contribution in [-0.4, -0.2) is 38.5 Å². The normalized spacial score (nSPS) is 27.5. The number of carbonyl (C=O) groups excluding carboxylic acids is 1. The van der Waals surface area contributed by atoms with Gasteiger partial charge >= 0.3 is 5.97 Å². The van der Waals surface area contributed by atoms with Crippen molar-refractivity contribution < 1.29 is 17.9 Å². The molecule has 1 fully saturated rings. The van der Waals surface area contributed by atoms with E-state index in [9.17, 15) is 13.2 Å². The van der Waals surface area contributed by atoms with Gasteiger partial charge in [0.25, 0.3) is 0 Å². The number of esters is 1. The molecule has 3 atom stereocenters. The Labute approximate surface area is 139 Å². The number of halogens is 1. The third kappa shape index (κ3) is 2.70. The van der Waals surface area contributed by atoms with E-state index in [1.807, 2.05) is 24.3 Å². The van der Waals surface area contributed by atoms with Gasteiger partial charge in [0.2, 0.25) is 0 Å². The van der Waals surface area contributed by atoms with Crippen LogP contribution in [0.5, 0.6) is 0 Å². The molecule has 1 aromatic carbocycles. The lowest BCUT2D eigenvalue weighted by Crippen LogP contribution is -2.34. The van der Waals surface area contributed by atoms with E-state index in [1.54, 1.807) is 13.8 Å². The zero-order chi connectivity index (χ0) is 16.5. The smallest absolute Gasteiger partial charge is 0.315 e. The van der Waals surface area contributed by atoms with Crippen LogP contribution >= 0.6 is 15.9 Å². The van der Waals surface area contributed by atoms with Gasteiger partial charge in [0, 0.05) is 22.7 Å². The molecule has 0 spiro atoms. The van der Waals surface area contributed by atoms with Crippen LogP contribution in [0.2, 0.25) is 0 Å². The van der Waals surface area contributed by atoms with Gasteiger partial charge in [-0.25, -0.2) is 8.42 Å². The van der Waals surface area contributed by atoms with E-state index < -0.39 is 32.4 Å². The lowest BCUT2D eigenvalue weighted by molar-refractivity contribution is -0.149. The van der Waals surface area contributed by atoms with Crippen molar-refractivity contribution in [3.63, 3.8) is 0 Å². The highest BCUT2D eigenvalue weighted by Gasteiger charge is 2.74. The fourth-order valence-electron chi connectivity index (χ4n) is 3.09. The van der Waals surface area contributed by atoms with Gasteiger partial charge in [-0.15, -0.1) is 0 Å². The summed E-state index contributed by atoms with van der Waals surface area (Å²) in [4.78, 5) is 12.4. The van der Waals surface area contributed by atoms with Crippen LogP contribution in [0.1, 0.15) is 25.3 Å². The summed E-state index contributed by atoms with van der Waals surface area (Å²) in [5, 5.41) is -0.810. The summed E-state index contributed by atoms with van der Waals surface area (Å²) in [6.45, 7) is 3.43. The fraction of sp³-hybridized carbons (Fsp3) is 0.533. The van der Waals surface area contributed by atoms with Gasteiger partial charge < -0.3 is 10.5 Å². The predicted octanol–water partition coefficient (Wildman–Crippen LogP) is 1.86. The van der Waals surface area contributed by atoms with Crippen molar-refractivity contribution in [1.82, 2.24) is 0 Å². The molecule has 122 valence electrons. The number of benzene rings is 1. The second-order valence-electron chi connectivity index (χ2n) is 5.37. The second-order valence-corrected chi connectivity index (χ2v) is 8.69. The molecule has 0 saturated heterocycles. The first-order valence-corrected chi connectivity index (χ1v) is 9.70. The van der Waals surface area contributed by atoms with Gasteiger partial charge in [-0.05, 0) is 24.6 Å². The summed E-state index contributed by atoms with van der Waals surface area (Å²) in [5.41, 5.74) is 5.45. The molecule has 0 bridgehead atoms. The second kappa shape index (κ2) is 6.29. The van der Waals surface area contributed by atoms with Gasteiger partial charge in [-0.3, -0.25) is 4.79 Å². The number of carbonyl (C=O) groups is 1. The minimum atomic E-state index is -3.41. The van der Waals surface area contributed by atoms with Crippen molar-refractivity contribution in [2.24, 2.45) is 11.1 Å². The average molecular weight is 390 g/mol. The lowest BCUT2D eigenvalue weighted by atomic mass is 9.99. The van der Waals surface area contributed by atoms with Crippen LogP contribution in [0.3, 0.4) is 0 Å². The van der Waals surface area contributed by atoms with Gasteiger partial charge in [0.15, 0.2) is 9.84 Å². The molecule has 0 radical (unpaired) electrons. The largest absolute Gasteiger partial charge is 0.465 e. The average Bonchev–Trinajstić information content (AvgIpc) is 3.20. The molecule has 7 heteroatoms. The summed E-state index contributed by atoms with van der Waals surface area (Å²) in [6.07, 6.45) is 0. The number of hydrogen-bond acceptors (Lipinski definition) is 5. The Balaban J connectivity index is 2.49. The maximum atomic E-state index is 12.4. The minimum Gasteiger partial charge on any atom is -0.465 e. The summed E-state index contributed by atoms with van der Waals surface area (Å²) in [5.74, 6) is -0.992. The lowest BCUT2D eigenvalue weighted by Gasteiger charge is -2.14. The van der Waals surface area contributed by atoms with E-state index >= 15 is 0 Å². The van der Waals surface area contributed by atoms with Crippen LogP contribution in [0, 0.1) is 5.41 Å². The van der Waals surface area contributed by atoms with Crippen LogP contribution in [-0.2, 0) is 19.4 Å². The molecule has 1 aliphatic rings. The number of ether oxygens (including phenoxy) is 1. The molecule has 5 nitrogen and oxygen atoms in total. The molecule has 0 amide bonds. The van der Waals surface area contributed by atoms with Crippen LogP contribution in [0.25, 0.3) is 0 Å². The molecule has 2 N–H and O–H groups in total. The molecule has 0 unspecified atom stereocenters. The fourth-order valence-corrected chi connectivity index (χ4v) is 5.43. The van der Waals surface area contributed by atoms with E-state index in [2.05, 4.69) is 15.9 Å². The quantitative estimate of drug-likeness (QED) is 0.750. The van der Waals surface area contributed by atoms with E-state index in [0.717, 1.165) is 10.0 Å². The van der Waals surface area contributed by atoms with E-state index in [1.165, 1.54) is 0 Å². The van der Waals surface area contributed by atoms with Crippen LogP contribution in [0.15, 0.2) is 28.7 Å². The number of nitrogens with two attached hydrogens (primary N) is 1. The van der Waals surface area contributed by atoms with E-state index in [0.29, 0.717) is 0 Å². The number of rotatable bonds is 6. The predicted molar refractivity (Wildman–Crippen MR) is 88.3 cm³/mol. The Morgan fingerprint density at radius 1 is 1.32 bits per heavy atom. The van der Waals surface area contributed by atoms with Gasteiger partial charge in [0.05, 0.1) is 11.9 Å². The molecule has 1 aromatic rings. The van der Waals surface area contributed by atoms with Crippen molar-refractivity contribution in [2.45, 2.75) is 25.0 Å². The third-order valence-corrected chi connectivity index (χ3v) is 7.07. The first-order valence-electron chi connectivity index (χ1n) is 7.19. The number of sulfone groups is 1. The summed E-state index contributed by atoms with van der Waals surface area (Å²) >= 11 is 3.35. The molecule has 22 heavy (non-hydrogen) atoms. The summed E-state index contributed by atoms with van der Waals surface area (Å²) < 4.78 is 30.8. The highest BCUT2D eigenvalue weighted by Crippen LogP contribution is 2.63. The van der Waals surface area contributed by atoms with Gasteiger partial charge in [-0.1, -0.05) is 35.0 Å². The molecule has 0 heterocycles. The van der Waals surface area contributed by atoms with E-state index in [-0.39, 0.29) is 18.9 Å². The van der Waals surface area contributed by atoms with Crippen LogP contribution in [0.4, 0.5) is 0 Å². The van der Waals surface area contributed by atoms with Crippen molar-refractivity contribution in [1.29, 1.82) is 0 Å². The van der Waals surface area contributed by atoms with E-state index in [4.69, 9.17) is 10.5 Å². The van der Waals surface area contributed by atoms with Crippen molar-refractivity contribution in [3.8, 4) is 0 Å². The standard InChI is InChI=1S/C15H20BrNO4S/c1-3-21-14(18)15(9-17)12(13(15)22(19,20)4-2)10-5-7-11(16)8-6-10/h5-8,12-13H,3-4,9,17H2,1-2H3/t12-,13-,15-/m1/s1. The zero-order valence-electron chi connectivity index (χ0n) is 12.6. The molecule has 2 rings (SSSR count). The Morgan fingerprint density at radius 2 is 1.91 bits per heavy atom. The summed E-state index contributed by atoms with van der Waals surface area (Å²) in [7, 11) is -3.41. The highest BCUT2D eigenvalue weighted by atomic mass is 79.9. The number of hydrogen-bond donors (Lipinski definition) is 1. The maximum absolute atomic E-state index is 12.4. The zero-order valence-corrected chi connectivity index (χ0v) is 15.0. The Morgan fingerprint density at radius 3 is 2.36 bits per heavy atom. The maximum Gasteiger partial charge on any atom is 0.315 e. The molecule has 0 aliphatic heterocycles. The first-order chi connectivity index (χ1) is 10.3. The topological polar surface area (TPSA) is 86.5 Å². The molecule has 1 saturated carbocycles. The van der Waals surface area contributed by atoms with Gasteiger partial charge in [0.1, 0.15) is 5.41 Å². The molecule has 1 aliphatic carbocycles. The van der Waals surface area contributed by atoms with Crippen molar-refractivity contribution in [2.75, 3.05) is 18.9 Å². The Hall–Kier alpha value is -0.920. The van der Waals surface area contributed by atoms with Crippen molar-refractivity contribution >= 4 is 31.7 Å². The highest BCUT2D eigenvalue weighted by molar-refractivity contribution is 9.10. The van der Waals surface area contributed by atoms with Crippen LogP contribution < -0.4 is 5.73 Å². The summed E-state index contributed by atoms with van der Waals surface area (Å²) in [6, 6.07) is 7.30. The molecular weight excluding hydrogens is 370 g/mol. The van der Waals surface area contributed by atoms with Gasteiger partial charge in [-0.2, -0.15) is 0 Å². The minimum absolute atomic E-state index is 0.0220. The molecular formula is C15H20BrNO4S. The first kappa shape index (κ1) is 17.4. The monoisotopic (exact) mass is 389 g/mol. The Bertz CT molecular complexity index is 659.